The zero-order valence-corrected chi connectivity index (χ0v) is 19.9. The van der Waals surface area contributed by atoms with Crippen molar-refractivity contribution in [2.75, 3.05) is 23.7 Å². The first-order valence-corrected chi connectivity index (χ1v) is 12.1. The molecule has 0 aromatic heterocycles. The molecule has 8 nitrogen and oxygen atoms in total. The summed E-state index contributed by atoms with van der Waals surface area (Å²) in [6, 6.07) is 18.3. The Morgan fingerprint density at radius 1 is 0.919 bits per heavy atom. The number of carbonyl (C=O) groups is 3. The van der Waals surface area contributed by atoms with Gasteiger partial charge < -0.3 is 19.1 Å². The number of hydrogen-bond donors (Lipinski definition) is 0. The Bertz CT molecular complexity index is 1500. The maximum Gasteiger partial charge on any atom is 0.240 e. The zero-order valence-electron chi connectivity index (χ0n) is 19.9. The predicted molar refractivity (Wildman–Crippen MR) is 135 cm³/mol. The van der Waals surface area contributed by atoms with Crippen molar-refractivity contribution in [1.29, 1.82) is 0 Å². The molecule has 8 heteroatoms. The van der Waals surface area contributed by atoms with E-state index in [-0.39, 0.29) is 24.4 Å². The molecule has 0 saturated carbocycles. The van der Waals surface area contributed by atoms with E-state index < -0.39 is 23.9 Å². The van der Waals surface area contributed by atoms with Crippen LogP contribution < -0.4 is 24.0 Å². The molecule has 4 unspecified atom stereocenters. The third kappa shape index (κ3) is 3.05. The molecular formula is C29H22N2O6. The van der Waals surface area contributed by atoms with Gasteiger partial charge in [0.25, 0.3) is 0 Å². The van der Waals surface area contributed by atoms with Crippen LogP contribution in [0.3, 0.4) is 0 Å². The van der Waals surface area contributed by atoms with E-state index in [4.69, 9.17) is 14.2 Å². The molecule has 0 aliphatic carbocycles. The number of hydrogen-bond acceptors (Lipinski definition) is 7. The summed E-state index contributed by atoms with van der Waals surface area (Å²) in [4.78, 5) is 45.2. The minimum Gasteiger partial charge on any atom is -0.497 e. The van der Waals surface area contributed by atoms with E-state index in [0.29, 0.717) is 28.5 Å². The molecule has 0 spiro atoms. The van der Waals surface area contributed by atoms with Gasteiger partial charge in [-0.3, -0.25) is 14.4 Å². The Morgan fingerprint density at radius 3 is 2.49 bits per heavy atom. The summed E-state index contributed by atoms with van der Waals surface area (Å²) in [6.45, 7) is 0.0889. The molecule has 3 aromatic carbocycles. The van der Waals surface area contributed by atoms with E-state index in [1.54, 1.807) is 49.6 Å². The second kappa shape index (κ2) is 7.96. The fraction of sp³-hybridized carbons (Fsp3) is 0.207. The molecule has 0 N–H and O–H groups in total. The smallest absolute Gasteiger partial charge is 0.240 e. The van der Waals surface area contributed by atoms with Crippen LogP contribution in [0.25, 0.3) is 6.08 Å². The van der Waals surface area contributed by atoms with Crippen molar-refractivity contribution in [3.05, 3.63) is 83.9 Å². The first-order valence-electron chi connectivity index (χ1n) is 12.1. The highest BCUT2D eigenvalue weighted by molar-refractivity contribution is 6.25. The molecule has 7 rings (SSSR count). The lowest BCUT2D eigenvalue weighted by Gasteiger charge is -2.36. The van der Waals surface area contributed by atoms with Crippen LogP contribution in [0.1, 0.15) is 15.9 Å². The fourth-order valence-corrected chi connectivity index (χ4v) is 6.02. The number of anilines is 2. The Labute approximate surface area is 212 Å². The van der Waals surface area contributed by atoms with Gasteiger partial charge in [0.15, 0.2) is 17.3 Å². The van der Waals surface area contributed by atoms with Crippen molar-refractivity contribution in [2.24, 2.45) is 11.8 Å². The molecule has 2 fully saturated rings. The number of rotatable bonds is 4. The maximum atomic E-state index is 14.1. The van der Waals surface area contributed by atoms with Crippen LogP contribution in [0.5, 0.6) is 17.2 Å². The van der Waals surface area contributed by atoms with Crippen LogP contribution in [0, 0.1) is 11.8 Å². The average Bonchev–Trinajstić information content (AvgIpc) is 3.61. The molecule has 184 valence electrons. The van der Waals surface area contributed by atoms with Crippen molar-refractivity contribution in [2.45, 2.75) is 12.1 Å². The monoisotopic (exact) mass is 494 g/mol. The number of ketones is 1. The largest absolute Gasteiger partial charge is 0.497 e. The lowest BCUT2D eigenvalue weighted by molar-refractivity contribution is -0.122. The van der Waals surface area contributed by atoms with E-state index in [1.807, 2.05) is 41.3 Å². The lowest BCUT2D eigenvalue weighted by Crippen LogP contribution is -2.48. The molecule has 0 bridgehead atoms. The third-order valence-corrected chi connectivity index (χ3v) is 7.67. The van der Waals surface area contributed by atoms with Gasteiger partial charge in [-0.15, -0.1) is 0 Å². The number of benzene rings is 3. The second-order valence-electron chi connectivity index (χ2n) is 9.45. The minimum atomic E-state index is -0.843. The number of imide groups is 1. The highest BCUT2D eigenvalue weighted by Crippen LogP contribution is 2.50. The van der Waals surface area contributed by atoms with Gasteiger partial charge in [0, 0.05) is 17.3 Å². The van der Waals surface area contributed by atoms with E-state index in [2.05, 4.69) is 0 Å². The molecule has 2 saturated heterocycles. The van der Waals surface area contributed by atoms with E-state index in [9.17, 15) is 14.4 Å². The summed E-state index contributed by atoms with van der Waals surface area (Å²) >= 11 is 0. The van der Waals surface area contributed by atoms with E-state index in [1.165, 1.54) is 4.90 Å². The molecule has 4 heterocycles. The summed E-state index contributed by atoms with van der Waals surface area (Å²) < 4.78 is 16.1. The first kappa shape index (κ1) is 21.7. The zero-order chi connectivity index (χ0) is 25.3. The number of methoxy groups -OCH3 is 1. The number of para-hydroxylation sites is 1. The molecule has 37 heavy (non-hydrogen) atoms. The van der Waals surface area contributed by atoms with Crippen molar-refractivity contribution in [3.8, 4) is 17.2 Å². The Morgan fingerprint density at radius 2 is 1.68 bits per heavy atom. The Balaban J connectivity index is 1.34. The fourth-order valence-electron chi connectivity index (χ4n) is 6.02. The van der Waals surface area contributed by atoms with Crippen LogP contribution in [0.4, 0.5) is 11.4 Å². The van der Waals surface area contributed by atoms with Crippen molar-refractivity contribution in [1.82, 2.24) is 0 Å². The molecule has 4 aliphatic rings. The molecule has 2 amide bonds. The van der Waals surface area contributed by atoms with Gasteiger partial charge in [0.05, 0.1) is 30.7 Å². The lowest BCUT2D eigenvalue weighted by atomic mass is 9.86. The van der Waals surface area contributed by atoms with Crippen LogP contribution >= 0.6 is 0 Å². The standard InChI is InChI=1S/C29H22N2O6/c1-35-19-10-6-17(7-11-19)27(32)26-25-24(21-12-8-16-4-2-3-5-20(16)31(21)26)28(33)30(29(25)34)18-9-13-22-23(14-18)37-15-36-22/h2-14,21,24-26H,15H2,1H3. The molecule has 3 aromatic rings. The van der Waals surface area contributed by atoms with Gasteiger partial charge in [-0.05, 0) is 48.0 Å². The number of nitrogens with zero attached hydrogens (tertiary/aromatic N) is 2. The number of fused-ring (bicyclic) bond motifs is 6. The van der Waals surface area contributed by atoms with Gasteiger partial charge in [0.1, 0.15) is 11.8 Å². The van der Waals surface area contributed by atoms with Crippen LogP contribution in [0.15, 0.2) is 72.8 Å². The number of ether oxygens (including phenoxy) is 3. The highest BCUT2D eigenvalue weighted by atomic mass is 16.7. The molecule has 4 atom stereocenters. The number of Topliss-reactive ketones (excluding diaryl/α,β-unsaturated/α-hetero) is 1. The molecule has 0 radical (unpaired) electrons. The van der Waals surface area contributed by atoms with Crippen LogP contribution in [-0.2, 0) is 9.59 Å². The van der Waals surface area contributed by atoms with E-state index >= 15 is 0 Å². The highest BCUT2D eigenvalue weighted by Gasteiger charge is 2.64. The summed E-state index contributed by atoms with van der Waals surface area (Å²) in [7, 11) is 1.56. The van der Waals surface area contributed by atoms with Gasteiger partial charge >= 0.3 is 0 Å². The average molecular weight is 495 g/mol. The van der Waals surface area contributed by atoms with Gasteiger partial charge in [-0.25, -0.2) is 4.90 Å². The quantitative estimate of drug-likeness (QED) is 0.404. The normalized spacial score (nSPS) is 24.7. The first-order chi connectivity index (χ1) is 18.1. The number of amides is 2. The Hall–Kier alpha value is -4.59. The summed E-state index contributed by atoms with van der Waals surface area (Å²) in [6.07, 6.45) is 3.91. The van der Waals surface area contributed by atoms with Crippen LogP contribution in [-0.4, -0.2) is 43.6 Å². The summed E-state index contributed by atoms with van der Waals surface area (Å²) in [5.74, 6) is -0.783. The topological polar surface area (TPSA) is 85.4 Å². The van der Waals surface area contributed by atoms with Crippen molar-refractivity contribution in [3.63, 3.8) is 0 Å². The minimum absolute atomic E-state index is 0.0889. The number of carbonyl (C=O) groups excluding carboxylic acids is 3. The Kier molecular flexibility index (Phi) is 4.66. The van der Waals surface area contributed by atoms with Gasteiger partial charge in [-0.1, -0.05) is 30.4 Å². The van der Waals surface area contributed by atoms with Gasteiger partial charge in [-0.2, -0.15) is 0 Å². The van der Waals surface area contributed by atoms with Crippen molar-refractivity contribution < 1.29 is 28.6 Å². The van der Waals surface area contributed by atoms with E-state index in [0.717, 1.165) is 11.3 Å². The predicted octanol–water partition coefficient (Wildman–Crippen LogP) is 3.70. The van der Waals surface area contributed by atoms with Crippen LogP contribution in [0.2, 0.25) is 0 Å². The summed E-state index contributed by atoms with van der Waals surface area (Å²) in [5.41, 5.74) is 2.65. The van der Waals surface area contributed by atoms with Gasteiger partial charge in [0.2, 0.25) is 18.6 Å². The molecular weight excluding hydrogens is 472 g/mol. The third-order valence-electron chi connectivity index (χ3n) is 7.67. The summed E-state index contributed by atoms with van der Waals surface area (Å²) in [5, 5.41) is 0. The molecule has 4 aliphatic heterocycles. The maximum absolute atomic E-state index is 14.1. The SMILES string of the molecule is COc1ccc(C(=O)C2C3C(=O)N(c4ccc5c(c4)OCO5)C(=O)C3C3C=Cc4ccccc4N32)cc1. The second-order valence-corrected chi connectivity index (χ2v) is 9.45. The van der Waals surface area contributed by atoms with Crippen molar-refractivity contribution >= 4 is 35.0 Å².